The fourth-order valence-corrected chi connectivity index (χ4v) is 1.92. The maximum absolute atomic E-state index is 14.0. The lowest BCUT2D eigenvalue weighted by atomic mass is 10.1. The Hall–Kier alpha value is -1.89. The predicted molar refractivity (Wildman–Crippen MR) is 99.9 cm³/mol. The molecular weight excluding hydrogens is 368 g/mol. The van der Waals surface area contributed by atoms with Crippen molar-refractivity contribution >= 4 is 30.7 Å². The minimum absolute atomic E-state index is 0. The van der Waals surface area contributed by atoms with E-state index in [1.807, 2.05) is 6.92 Å². The lowest BCUT2D eigenvalue weighted by molar-refractivity contribution is -0.121. The van der Waals surface area contributed by atoms with Crippen molar-refractivity contribution < 1.29 is 13.9 Å². The monoisotopic (exact) mass is 389 g/mol. The molecule has 0 spiro atoms. The molecule has 8 heteroatoms. The topological polar surface area (TPSA) is 77.2 Å². The van der Waals surface area contributed by atoms with E-state index in [-0.39, 0.29) is 49.1 Å². The number of carbonyl (C=O) groups excluding carboxylic acids is 1. The number of benzene rings is 1. The summed E-state index contributed by atoms with van der Waals surface area (Å²) >= 11 is 0. The van der Waals surface area contributed by atoms with Crippen LogP contribution in [0.15, 0.2) is 42.7 Å². The van der Waals surface area contributed by atoms with Crippen LogP contribution in [-0.2, 0) is 11.3 Å². The molecule has 0 saturated heterocycles. The van der Waals surface area contributed by atoms with Crippen molar-refractivity contribution in [2.45, 2.75) is 32.4 Å². The molecule has 1 heterocycles. The lowest BCUT2D eigenvalue weighted by Crippen LogP contribution is -2.25. The van der Waals surface area contributed by atoms with E-state index in [2.05, 4.69) is 10.3 Å². The van der Waals surface area contributed by atoms with Gasteiger partial charge in [0.15, 0.2) is 11.6 Å². The number of ether oxygens (including phenoxy) is 1. The van der Waals surface area contributed by atoms with Crippen molar-refractivity contribution in [1.82, 2.24) is 10.3 Å². The number of nitrogens with zero attached hydrogens (tertiary/aromatic N) is 1. The van der Waals surface area contributed by atoms with E-state index in [1.54, 1.807) is 24.4 Å². The molecule has 0 aliphatic heterocycles. The molecule has 25 heavy (non-hydrogen) atoms. The molecule has 0 aliphatic rings. The SMILES string of the molecule is CC(N)CCC(=O)NCc1ccc(Oc2cccnc2)c(F)c1.Cl.Cl. The summed E-state index contributed by atoms with van der Waals surface area (Å²) in [6.45, 7) is 2.12. The first-order valence-electron chi connectivity index (χ1n) is 7.43. The molecule has 0 saturated carbocycles. The minimum Gasteiger partial charge on any atom is -0.453 e. The zero-order valence-electron chi connectivity index (χ0n) is 13.8. The van der Waals surface area contributed by atoms with Gasteiger partial charge in [-0.05, 0) is 43.2 Å². The van der Waals surface area contributed by atoms with Gasteiger partial charge in [0.2, 0.25) is 5.91 Å². The highest BCUT2D eigenvalue weighted by Gasteiger charge is 2.08. The van der Waals surface area contributed by atoms with Crippen LogP contribution in [0, 0.1) is 5.82 Å². The van der Waals surface area contributed by atoms with Crippen LogP contribution in [0.25, 0.3) is 0 Å². The number of rotatable bonds is 7. The Morgan fingerprint density at radius 1 is 1.36 bits per heavy atom. The number of pyridine rings is 1. The van der Waals surface area contributed by atoms with Crippen LogP contribution in [0.5, 0.6) is 11.5 Å². The van der Waals surface area contributed by atoms with Crippen molar-refractivity contribution in [1.29, 1.82) is 0 Å². The van der Waals surface area contributed by atoms with E-state index in [1.165, 1.54) is 18.3 Å². The maximum atomic E-state index is 14.0. The second kappa shape index (κ2) is 11.6. The van der Waals surface area contributed by atoms with E-state index in [0.29, 0.717) is 24.2 Å². The number of hydrogen-bond donors (Lipinski definition) is 2. The Balaban J connectivity index is 0.00000288. The molecule has 2 aromatic rings. The third-order valence-electron chi connectivity index (χ3n) is 3.17. The van der Waals surface area contributed by atoms with Gasteiger partial charge in [0.25, 0.3) is 0 Å². The van der Waals surface area contributed by atoms with Crippen LogP contribution in [0.1, 0.15) is 25.3 Å². The molecule has 5 nitrogen and oxygen atoms in total. The Bertz CT molecular complexity index is 658. The zero-order valence-corrected chi connectivity index (χ0v) is 15.4. The van der Waals surface area contributed by atoms with Gasteiger partial charge in [0, 0.05) is 25.2 Å². The van der Waals surface area contributed by atoms with Gasteiger partial charge in [-0.1, -0.05) is 6.07 Å². The zero-order chi connectivity index (χ0) is 16.7. The standard InChI is InChI=1S/C17H20FN3O2.2ClH/c1-12(19)4-7-17(22)21-10-13-5-6-16(15(18)9-13)23-14-3-2-8-20-11-14;;/h2-3,5-6,8-9,11-12H,4,7,10,19H2,1H3,(H,21,22);2*1H. The highest BCUT2D eigenvalue weighted by atomic mass is 35.5. The van der Waals surface area contributed by atoms with Gasteiger partial charge in [-0.15, -0.1) is 24.8 Å². The third-order valence-corrected chi connectivity index (χ3v) is 3.17. The molecule has 0 bridgehead atoms. The Morgan fingerprint density at radius 2 is 2.12 bits per heavy atom. The number of nitrogens with two attached hydrogens (primary N) is 1. The summed E-state index contributed by atoms with van der Waals surface area (Å²) in [4.78, 5) is 15.5. The maximum Gasteiger partial charge on any atom is 0.220 e. The summed E-state index contributed by atoms with van der Waals surface area (Å²) in [5, 5.41) is 2.74. The van der Waals surface area contributed by atoms with Crippen LogP contribution < -0.4 is 15.8 Å². The van der Waals surface area contributed by atoms with Gasteiger partial charge in [-0.3, -0.25) is 9.78 Å². The molecule has 138 valence electrons. The van der Waals surface area contributed by atoms with Crippen molar-refractivity contribution in [3.63, 3.8) is 0 Å². The van der Waals surface area contributed by atoms with Crippen LogP contribution >= 0.6 is 24.8 Å². The first-order chi connectivity index (χ1) is 11.0. The highest BCUT2D eigenvalue weighted by molar-refractivity contribution is 5.85. The Labute approximate surface area is 159 Å². The van der Waals surface area contributed by atoms with Crippen molar-refractivity contribution in [3.05, 3.63) is 54.1 Å². The Morgan fingerprint density at radius 3 is 2.72 bits per heavy atom. The van der Waals surface area contributed by atoms with Crippen molar-refractivity contribution in [2.24, 2.45) is 5.73 Å². The third kappa shape index (κ3) is 8.16. The minimum atomic E-state index is -0.490. The number of nitrogens with one attached hydrogen (secondary N) is 1. The smallest absolute Gasteiger partial charge is 0.220 e. The summed E-state index contributed by atoms with van der Waals surface area (Å²) in [5.41, 5.74) is 6.26. The normalized spacial score (nSPS) is 10.8. The van der Waals surface area contributed by atoms with Crippen LogP contribution in [-0.4, -0.2) is 16.9 Å². The molecule has 0 aliphatic carbocycles. The van der Waals surface area contributed by atoms with Gasteiger partial charge in [0.1, 0.15) is 5.75 Å². The summed E-state index contributed by atoms with van der Waals surface area (Å²) in [6, 6.07) is 7.98. The molecule has 1 unspecified atom stereocenters. The van der Waals surface area contributed by atoms with Gasteiger partial charge in [-0.2, -0.15) is 0 Å². The summed E-state index contributed by atoms with van der Waals surface area (Å²) < 4.78 is 19.5. The van der Waals surface area contributed by atoms with Crippen molar-refractivity contribution in [2.75, 3.05) is 0 Å². The van der Waals surface area contributed by atoms with Gasteiger partial charge in [0.05, 0.1) is 6.20 Å². The number of halogens is 3. The summed E-state index contributed by atoms with van der Waals surface area (Å²) in [6.07, 6.45) is 4.10. The van der Waals surface area contributed by atoms with E-state index in [4.69, 9.17) is 10.5 Å². The quantitative estimate of drug-likeness (QED) is 0.758. The Kier molecular flexibility index (Phi) is 10.7. The molecule has 1 amide bonds. The molecule has 1 aromatic heterocycles. The first-order valence-corrected chi connectivity index (χ1v) is 7.43. The summed E-state index contributed by atoms with van der Waals surface area (Å²) in [5.74, 6) is -0.0111. The van der Waals surface area contributed by atoms with Gasteiger partial charge in [-0.25, -0.2) is 4.39 Å². The number of carbonyl (C=O) groups is 1. The molecule has 2 rings (SSSR count). The average Bonchev–Trinajstić information content (AvgIpc) is 2.54. The largest absolute Gasteiger partial charge is 0.453 e. The number of aromatic nitrogens is 1. The van der Waals surface area contributed by atoms with E-state index in [0.717, 1.165) is 0 Å². The first kappa shape index (κ1) is 23.1. The molecule has 0 radical (unpaired) electrons. The predicted octanol–water partition coefficient (Wildman–Crippen LogP) is 3.60. The van der Waals surface area contributed by atoms with Crippen LogP contribution in [0.2, 0.25) is 0 Å². The van der Waals surface area contributed by atoms with Crippen LogP contribution in [0.3, 0.4) is 0 Å². The molecule has 1 atom stereocenters. The van der Waals surface area contributed by atoms with Crippen molar-refractivity contribution in [3.8, 4) is 11.5 Å². The molecule has 0 fully saturated rings. The van der Waals surface area contributed by atoms with Crippen LogP contribution in [0.4, 0.5) is 4.39 Å². The second-order valence-corrected chi connectivity index (χ2v) is 5.35. The molecule has 3 N–H and O–H groups in total. The van der Waals surface area contributed by atoms with E-state index < -0.39 is 5.82 Å². The van der Waals surface area contributed by atoms with Gasteiger partial charge >= 0.3 is 0 Å². The summed E-state index contributed by atoms with van der Waals surface area (Å²) in [7, 11) is 0. The van der Waals surface area contributed by atoms with E-state index >= 15 is 0 Å². The second-order valence-electron chi connectivity index (χ2n) is 5.35. The fourth-order valence-electron chi connectivity index (χ4n) is 1.92. The average molecular weight is 390 g/mol. The molecular formula is C17H22Cl2FN3O2. The number of hydrogen-bond acceptors (Lipinski definition) is 4. The lowest BCUT2D eigenvalue weighted by Gasteiger charge is -2.09. The van der Waals surface area contributed by atoms with E-state index in [9.17, 15) is 9.18 Å². The highest BCUT2D eigenvalue weighted by Crippen LogP contribution is 2.24. The fraction of sp³-hybridized carbons (Fsp3) is 0.294. The van der Waals surface area contributed by atoms with Gasteiger partial charge < -0.3 is 15.8 Å². The molecule has 1 aromatic carbocycles. The number of amides is 1.